The Morgan fingerprint density at radius 1 is 1.32 bits per heavy atom. The maximum Gasteiger partial charge on any atom is 0.271 e. The zero-order valence-corrected chi connectivity index (χ0v) is 12.5. The van der Waals surface area contributed by atoms with Crippen molar-refractivity contribution in [1.29, 1.82) is 0 Å². The topological polar surface area (TPSA) is 70.9 Å². The molecule has 0 radical (unpaired) electrons. The predicted octanol–water partition coefficient (Wildman–Crippen LogP) is 2.86. The Hall–Kier alpha value is -2.82. The summed E-state index contributed by atoms with van der Waals surface area (Å²) in [4.78, 5) is 11.9. The lowest BCUT2D eigenvalue weighted by Gasteiger charge is -2.07. The van der Waals surface area contributed by atoms with Crippen molar-refractivity contribution in [3.63, 3.8) is 0 Å². The number of ether oxygens (including phenoxy) is 1. The van der Waals surface area contributed by atoms with Crippen molar-refractivity contribution in [2.24, 2.45) is 5.10 Å². The Balaban J connectivity index is 2.07. The van der Waals surface area contributed by atoms with E-state index in [0.717, 1.165) is 5.56 Å². The number of carbonyl (C=O) groups excluding carboxylic acids is 1. The van der Waals surface area contributed by atoms with Crippen LogP contribution in [0.2, 0.25) is 0 Å². The molecule has 0 atom stereocenters. The summed E-state index contributed by atoms with van der Waals surface area (Å²) >= 11 is 0. The fraction of sp³-hybridized carbons (Fsp3) is 0.176. The van der Waals surface area contributed by atoms with Gasteiger partial charge in [-0.05, 0) is 38.1 Å². The van der Waals surface area contributed by atoms with E-state index in [1.54, 1.807) is 30.3 Å². The van der Waals surface area contributed by atoms with Gasteiger partial charge in [0.2, 0.25) is 0 Å². The van der Waals surface area contributed by atoms with E-state index in [-0.39, 0.29) is 11.7 Å². The molecule has 2 aromatic carbocycles. The van der Waals surface area contributed by atoms with Gasteiger partial charge in [0.1, 0.15) is 0 Å². The second kappa shape index (κ2) is 7.26. The average molecular weight is 298 g/mol. The molecular formula is C17H18N2O3. The summed E-state index contributed by atoms with van der Waals surface area (Å²) < 4.78 is 5.29. The highest BCUT2D eigenvalue weighted by atomic mass is 16.5. The van der Waals surface area contributed by atoms with Gasteiger partial charge in [0.15, 0.2) is 11.5 Å². The first-order valence-electron chi connectivity index (χ1n) is 6.96. The molecule has 0 saturated heterocycles. The third-order valence-corrected chi connectivity index (χ3v) is 2.98. The van der Waals surface area contributed by atoms with Crippen LogP contribution in [0.25, 0.3) is 0 Å². The van der Waals surface area contributed by atoms with Gasteiger partial charge in [0.05, 0.1) is 12.8 Å². The van der Waals surface area contributed by atoms with Crippen molar-refractivity contribution in [3.8, 4) is 11.5 Å². The molecule has 0 fully saturated rings. The molecule has 5 nitrogen and oxygen atoms in total. The fourth-order valence-corrected chi connectivity index (χ4v) is 1.93. The summed E-state index contributed by atoms with van der Waals surface area (Å²) in [6, 6.07) is 12.3. The maximum atomic E-state index is 11.9. The summed E-state index contributed by atoms with van der Waals surface area (Å²) in [5, 5.41) is 13.9. The zero-order chi connectivity index (χ0) is 15.9. The smallest absolute Gasteiger partial charge is 0.271 e. The molecule has 0 heterocycles. The molecule has 1 amide bonds. The molecule has 5 heteroatoms. The van der Waals surface area contributed by atoms with Crippen LogP contribution in [-0.2, 0) is 0 Å². The molecule has 22 heavy (non-hydrogen) atoms. The van der Waals surface area contributed by atoms with Crippen molar-refractivity contribution in [2.75, 3.05) is 6.61 Å². The molecular weight excluding hydrogens is 280 g/mol. The summed E-state index contributed by atoms with van der Waals surface area (Å²) in [7, 11) is 0. The van der Waals surface area contributed by atoms with Gasteiger partial charge in [-0.1, -0.05) is 23.8 Å². The zero-order valence-electron chi connectivity index (χ0n) is 12.5. The van der Waals surface area contributed by atoms with E-state index in [1.165, 1.54) is 6.21 Å². The second-order valence-electron chi connectivity index (χ2n) is 4.70. The number of para-hydroxylation sites is 1. The average Bonchev–Trinajstić information content (AvgIpc) is 2.51. The molecule has 2 rings (SSSR count). The van der Waals surface area contributed by atoms with Gasteiger partial charge in [-0.15, -0.1) is 0 Å². The van der Waals surface area contributed by atoms with E-state index in [0.29, 0.717) is 23.5 Å². The van der Waals surface area contributed by atoms with Gasteiger partial charge in [0.25, 0.3) is 5.91 Å². The number of rotatable bonds is 5. The lowest BCUT2D eigenvalue weighted by Crippen LogP contribution is -2.17. The number of hydrogen-bond donors (Lipinski definition) is 2. The molecule has 0 unspecified atom stereocenters. The minimum atomic E-state index is -0.305. The highest BCUT2D eigenvalue weighted by molar-refractivity contribution is 5.95. The van der Waals surface area contributed by atoms with E-state index >= 15 is 0 Å². The van der Waals surface area contributed by atoms with Gasteiger partial charge in [-0.3, -0.25) is 4.79 Å². The van der Waals surface area contributed by atoms with E-state index < -0.39 is 0 Å². The molecule has 0 spiro atoms. The third-order valence-electron chi connectivity index (χ3n) is 2.98. The summed E-state index contributed by atoms with van der Waals surface area (Å²) in [6.07, 6.45) is 1.38. The fourth-order valence-electron chi connectivity index (χ4n) is 1.93. The van der Waals surface area contributed by atoms with Crippen LogP contribution in [0.1, 0.15) is 28.4 Å². The lowest BCUT2D eigenvalue weighted by molar-refractivity contribution is 0.0955. The molecule has 0 aliphatic heterocycles. The van der Waals surface area contributed by atoms with Crippen molar-refractivity contribution in [2.45, 2.75) is 13.8 Å². The second-order valence-corrected chi connectivity index (χ2v) is 4.70. The third kappa shape index (κ3) is 3.85. The standard InChI is InChI=1S/C17H18N2O3/c1-3-22-15-9-5-8-14(16(15)20)11-18-19-17(21)13-7-4-6-12(2)10-13/h4-11,20H,3H2,1-2H3,(H,19,21)/b18-11+. The number of hydrazone groups is 1. The first kappa shape index (κ1) is 15.6. The van der Waals surface area contributed by atoms with Crippen LogP contribution < -0.4 is 10.2 Å². The van der Waals surface area contributed by atoms with Gasteiger partial charge in [-0.25, -0.2) is 5.43 Å². The largest absolute Gasteiger partial charge is 0.504 e. The minimum absolute atomic E-state index is 0.00194. The van der Waals surface area contributed by atoms with E-state index in [2.05, 4.69) is 10.5 Å². The number of aryl methyl sites for hydroxylation is 1. The number of nitrogens with one attached hydrogen (secondary N) is 1. The van der Waals surface area contributed by atoms with Gasteiger partial charge < -0.3 is 9.84 Å². The van der Waals surface area contributed by atoms with E-state index in [9.17, 15) is 9.90 Å². The highest BCUT2D eigenvalue weighted by Crippen LogP contribution is 2.28. The van der Waals surface area contributed by atoms with Crippen molar-refractivity contribution in [1.82, 2.24) is 5.43 Å². The molecule has 2 aromatic rings. The SMILES string of the molecule is CCOc1cccc(/C=N/NC(=O)c2cccc(C)c2)c1O. The maximum absolute atomic E-state index is 11.9. The molecule has 2 N–H and O–H groups in total. The van der Waals surface area contributed by atoms with E-state index in [1.807, 2.05) is 26.0 Å². The molecule has 0 aliphatic carbocycles. The Labute approximate surface area is 129 Å². The van der Waals surface area contributed by atoms with Gasteiger partial charge in [-0.2, -0.15) is 5.10 Å². The predicted molar refractivity (Wildman–Crippen MR) is 85.5 cm³/mol. The van der Waals surface area contributed by atoms with E-state index in [4.69, 9.17) is 4.74 Å². The Morgan fingerprint density at radius 3 is 2.82 bits per heavy atom. The molecule has 0 aliphatic rings. The molecule has 0 saturated carbocycles. The summed E-state index contributed by atoms with van der Waals surface area (Å²) in [5.74, 6) is 0.0785. The van der Waals surface area contributed by atoms with Gasteiger partial charge >= 0.3 is 0 Å². The minimum Gasteiger partial charge on any atom is -0.504 e. The van der Waals surface area contributed by atoms with Crippen molar-refractivity contribution in [3.05, 3.63) is 59.2 Å². The first-order valence-corrected chi connectivity index (χ1v) is 6.96. The number of carbonyl (C=O) groups is 1. The Bertz CT molecular complexity index is 696. The highest BCUT2D eigenvalue weighted by Gasteiger charge is 2.06. The molecule has 0 aromatic heterocycles. The number of nitrogens with zero attached hydrogens (tertiary/aromatic N) is 1. The quantitative estimate of drug-likeness (QED) is 0.658. The summed E-state index contributed by atoms with van der Waals surface area (Å²) in [5.41, 5.74) is 4.43. The number of benzene rings is 2. The number of amides is 1. The van der Waals surface area contributed by atoms with Crippen LogP contribution in [0.15, 0.2) is 47.6 Å². The van der Waals surface area contributed by atoms with Crippen LogP contribution in [-0.4, -0.2) is 23.8 Å². The van der Waals surface area contributed by atoms with Crippen molar-refractivity contribution < 1.29 is 14.6 Å². The number of phenolic OH excluding ortho intramolecular Hbond substituents is 1. The normalized spacial score (nSPS) is 10.6. The Kier molecular flexibility index (Phi) is 5.14. The molecule has 0 bridgehead atoms. The summed E-state index contributed by atoms with van der Waals surface area (Å²) in [6.45, 7) is 4.21. The van der Waals surface area contributed by atoms with Crippen LogP contribution in [0.5, 0.6) is 11.5 Å². The van der Waals surface area contributed by atoms with Crippen LogP contribution in [0.3, 0.4) is 0 Å². The van der Waals surface area contributed by atoms with Crippen molar-refractivity contribution >= 4 is 12.1 Å². The Morgan fingerprint density at radius 2 is 2.09 bits per heavy atom. The first-order chi connectivity index (χ1) is 10.6. The number of aromatic hydroxyl groups is 1. The van der Waals surface area contributed by atoms with Crippen LogP contribution in [0, 0.1) is 6.92 Å². The lowest BCUT2D eigenvalue weighted by atomic mass is 10.1. The number of hydrogen-bond acceptors (Lipinski definition) is 4. The monoisotopic (exact) mass is 298 g/mol. The van der Waals surface area contributed by atoms with Crippen LogP contribution >= 0.6 is 0 Å². The number of phenols is 1. The van der Waals surface area contributed by atoms with Crippen LogP contribution in [0.4, 0.5) is 0 Å². The van der Waals surface area contributed by atoms with Gasteiger partial charge in [0, 0.05) is 11.1 Å². The molecule has 114 valence electrons.